The van der Waals surface area contributed by atoms with Crippen LogP contribution in [0.2, 0.25) is 0 Å². The highest BCUT2D eigenvalue weighted by Crippen LogP contribution is 2.09. The van der Waals surface area contributed by atoms with Crippen LogP contribution >= 0.6 is 12.6 Å². The zero-order valence-electron chi connectivity index (χ0n) is 12.7. The number of unbranched alkanes of at least 4 members (excludes halogenated alkanes) is 3. The quantitative estimate of drug-likeness (QED) is 0.517. The van der Waals surface area contributed by atoms with Crippen LogP contribution in [0.25, 0.3) is 0 Å². The molecule has 0 atom stereocenters. The van der Waals surface area contributed by atoms with E-state index in [1.54, 1.807) is 0 Å². The molecule has 0 fully saturated rings. The number of amides is 1. The fourth-order valence-corrected chi connectivity index (χ4v) is 2.27. The minimum Gasteiger partial charge on any atom is -0.356 e. The molecule has 1 aromatic carbocycles. The third-order valence-corrected chi connectivity index (χ3v) is 3.63. The Hall–Kier alpha value is -0.960. The van der Waals surface area contributed by atoms with Crippen LogP contribution in [0.15, 0.2) is 29.2 Å². The van der Waals surface area contributed by atoms with Crippen molar-refractivity contribution in [2.75, 3.05) is 6.54 Å². The topological polar surface area (TPSA) is 29.1 Å². The molecule has 0 aromatic heterocycles. The van der Waals surface area contributed by atoms with Gasteiger partial charge in [-0.1, -0.05) is 51.7 Å². The van der Waals surface area contributed by atoms with E-state index in [0.717, 1.165) is 29.3 Å². The maximum absolute atomic E-state index is 11.7. The van der Waals surface area contributed by atoms with E-state index in [9.17, 15) is 4.79 Å². The first-order valence-corrected chi connectivity index (χ1v) is 8.07. The molecule has 112 valence electrons. The summed E-state index contributed by atoms with van der Waals surface area (Å²) in [6, 6.07) is 7.74. The minimum absolute atomic E-state index is 0.110. The Morgan fingerprint density at radius 1 is 1.10 bits per heavy atom. The van der Waals surface area contributed by atoms with Crippen molar-refractivity contribution in [3.05, 3.63) is 29.8 Å². The molecular formula is C17H27NOS. The maximum atomic E-state index is 11.7. The van der Waals surface area contributed by atoms with E-state index in [-0.39, 0.29) is 5.91 Å². The number of benzene rings is 1. The van der Waals surface area contributed by atoms with Crippen LogP contribution in [-0.2, 0) is 11.2 Å². The highest BCUT2D eigenvalue weighted by atomic mass is 32.1. The van der Waals surface area contributed by atoms with Crippen LogP contribution in [0.5, 0.6) is 0 Å². The molecule has 3 heteroatoms. The molecule has 2 nitrogen and oxygen atoms in total. The van der Waals surface area contributed by atoms with Crippen molar-refractivity contribution < 1.29 is 4.79 Å². The van der Waals surface area contributed by atoms with Gasteiger partial charge in [0.1, 0.15) is 0 Å². The molecule has 0 unspecified atom stereocenters. The third kappa shape index (κ3) is 8.26. The van der Waals surface area contributed by atoms with Crippen LogP contribution in [0.1, 0.15) is 51.5 Å². The van der Waals surface area contributed by atoms with Gasteiger partial charge >= 0.3 is 0 Å². The van der Waals surface area contributed by atoms with Crippen LogP contribution in [0.4, 0.5) is 0 Å². The lowest BCUT2D eigenvalue weighted by Gasteiger charge is -2.06. The second kappa shape index (κ2) is 9.87. The van der Waals surface area contributed by atoms with Gasteiger partial charge in [0.25, 0.3) is 0 Å². The van der Waals surface area contributed by atoms with Gasteiger partial charge in [-0.05, 0) is 30.0 Å². The zero-order chi connectivity index (χ0) is 14.8. The van der Waals surface area contributed by atoms with Crippen molar-refractivity contribution in [2.24, 2.45) is 5.92 Å². The molecular weight excluding hydrogens is 266 g/mol. The molecule has 1 aromatic rings. The summed E-state index contributed by atoms with van der Waals surface area (Å²) in [7, 11) is 0. The summed E-state index contributed by atoms with van der Waals surface area (Å²) in [5.74, 6) is 0.914. The number of thiol groups is 1. The molecule has 0 aliphatic carbocycles. The van der Waals surface area contributed by atoms with Gasteiger partial charge in [0.2, 0.25) is 5.91 Å². The molecule has 20 heavy (non-hydrogen) atoms. The molecule has 0 radical (unpaired) electrons. The molecule has 1 amide bonds. The van der Waals surface area contributed by atoms with E-state index in [4.69, 9.17) is 0 Å². The lowest BCUT2D eigenvalue weighted by molar-refractivity contribution is -0.120. The zero-order valence-corrected chi connectivity index (χ0v) is 13.6. The van der Waals surface area contributed by atoms with E-state index in [2.05, 4.69) is 31.8 Å². The van der Waals surface area contributed by atoms with E-state index in [0.29, 0.717) is 6.42 Å². The fourth-order valence-electron chi connectivity index (χ4n) is 2.12. The van der Waals surface area contributed by atoms with Crippen LogP contribution in [-0.4, -0.2) is 12.5 Å². The molecule has 0 spiro atoms. The molecule has 1 N–H and O–H groups in total. The summed E-state index contributed by atoms with van der Waals surface area (Å²) in [6.07, 6.45) is 6.65. The molecule has 0 bridgehead atoms. The Kier molecular flexibility index (Phi) is 8.43. The first-order valence-electron chi connectivity index (χ1n) is 7.62. The second-order valence-corrected chi connectivity index (χ2v) is 6.31. The van der Waals surface area contributed by atoms with Gasteiger partial charge in [0.05, 0.1) is 6.42 Å². The van der Waals surface area contributed by atoms with Crippen LogP contribution in [0.3, 0.4) is 0 Å². The van der Waals surface area contributed by atoms with Crippen molar-refractivity contribution in [3.8, 4) is 0 Å². The molecule has 0 aliphatic rings. The van der Waals surface area contributed by atoms with Gasteiger partial charge < -0.3 is 5.32 Å². The van der Waals surface area contributed by atoms with Crippen LogP contribution in [0, 0.1) is 5.92 Å². The average molecular weight is 293 g/mol. The number of nitrogens with one attached hydrogen (secondary N) is 1. The van der Waals surface area contributed by atoms with Crippen molar-refractivity contribution in [2.45, 2.75) is 57.3 Å². The molecule has 0 saturated carbocycles. The number of carbonyl (C=O) groups excluding carboxylic acids is 1. The summed E-state index contributed by atoms with van der Waals surface area (Å²) in [5, 5.41) is 2.99. The van der Waals surface area contributed by atoms with Gasteiger partial charge in [0, 0.05) is 11.4 Å². The van der Waals surface area contributed by atoms with Gasteiger partial charge in [-0.15, -0.1) is 12.6 Å². The Morgan fingerprint density at radius 3 is 2.40 bits per heavy atom. The normalized spacial score (nSPS) is 10.8. The Balaban J connectivity index is 2.04. The van der Waals surface area contributed by atoms with E-state index in [1.165, 1.54) is 25.7 Å². The van der Waals surface area contributed by atoms with Crippen molar-refractivity contribution in [3.63, 3.8) is 0 Å². The van der Waals surface area contributed by atoms with Gasteiger partial charge in [0.15, 0.2) is 0 Å². The SMILES string of the molecule is CC(C)CCCCCCNC(=O)Cc1ccc(S)cc1. The van der Waals surface area contributed by atoms with Crippen molar-refractivity contribution >= 4 is 18.5 Å². The highest BCUT2D eigenvalue weighted by molar-refractivity contribution is 7.80. The smallest absolute Gasteiger partial charge is 0.224 e. The standard InChI is InChI=1S/C17H27NOS/c1-14(2)7-5-3-4-6-12-18-17(19)13-15-8-10-16(20)11-9-15/h8-11,14,20H,3-7,12-13H2,1-2H3,(H,18,19). The first kappa shape index (κ1) is 17.1. The van der Waals surface area contributed by atoms with E-state index in [1.807, 2.05) is 24.3 Å². The summed E-state index contributed by atoms with van der Waals surface area (Å²) in [5.41, 5.74) is 1.04. The highest BCUT2D eigenvalue weighted by Gasteiger charge is 2.02. The minimum atomic E-state index is 0.110. The van der Waals surface area contributed by atoms with Crippen LogP contribution < -0.4 is 5.32 Å². The number of hydrogen-bond acceptors (Lipinski definition) is 2. The maximum Gasteiger partial charge on any atom is 0.224 e. The van der Waals surface area contributed by atoms with Gasteiger partial charge in [-0.3, -0.25) is 4.79 Å². The predicted octanol–water partition coefficient (Wildman–Crippen LogP) is 4.24. The summed E-state index contributed by atoms with van der Waals surface area (Å²) < 4.78 is 0. The first-order chi connectivity index (χ1) is 9.58. The molecule has 0 heterocycles. The number of hydrogen-bond donors (Lipinski definition) is 2. The molecule has 1 rings (SSSR count). The lowest BCUT2D eigenvalue weighted by atomic mass is 10.0. The monoisotopic (exact) mass is 293 g/mol. The Morgan fingerprint density at radius 2 is 1.75 bits per heavy atom. The average Bonchev–Trinajstić information content (AvgIpc) is 2.40. The summed E-state index contributed by atoms with van der Waals surface area (Å²) in [4.78, 5) is 12.7. The Bertz CT molecular complexity index is 386. The van der Waals surface area contributed by atoms with Gasteiger partial charge in [-0.25, -0.2) is 0 Å². The van der Waals surface area contributed by atoms with Crippen molar-refractivity contribution in [1.29, 1.82) is 0 Å². The third-order valence-electron chi connectivity index (χ3n) is 3.33. The van der Waals surface area contributed by atoms with E-state index >= 15 is 0 Å². The molecule has 0 saturated heterocycles. The largest absolute Gasteiger partial charge is 0.356 e. The van der Waals surface area contributed by atoms with E-state index < -0.39 is 0 Å². The van der Waals surface area contributed by atoms with Crippen molar-refractivity contribution in [1.82, 2.24) is 5.32 Å². The lowest BCUT2D eigenvalue weighted by Crippen LogP contribution is -2.26. The Labute approximate surface area is 128 Å². The summed E-state index contributed by atoms with van der Waals surface area (Å²) in [6.45, 7) is 5.33. The molecule has 0 aliphatic heterocycles. The van der Waals surface area contributed by atoms with Gasteiger partial charge in [-0.2, -0.15) is 0 Å². The summed E-state index contributed by atoms with van der Waals surface area (Å²) >= 11 is 4.23. The predicted molar refractivity (Wildman–Crippen MR) is 88.3 cm³/mol. The fraction of sp³-hybridized carbons (Fsp3) is 0.588. The number of carbonyl (C=O) groups is 1. The number of rotatable bonds is 9. The second-order valence-electron chi connectivity index (χ2n) is 5.79.